The van der Waals surface area contributed by atoms with Gasteiger partial charge in [0.2, 0.25) is 5.91 Å². The van der Waals surface area contributed by atoms with Gasteiger partial charge in [0.05, 0.1) is 18.8 Å². The fourth-order valence-electron chi connectivity index (χ4n) is 6.35. The molecular formula is C31H38N6O3. The fourth-order valence-corrected chi connectivity index (χ4v) is 6.35. The number of carbonyl (C=O) groups is 1. The summed E-state index contributed by atoms with van der Waals surface area (Å²) in [6.07, 6.45) is 4.38. The van der Waals surface area contributed by atoms with Crippen molar-refractivity contribution in [3.63, 3.8) is 0 Å². The number of fused-ring (bicyclic) bond motifs is 2. The summed E-state index contributed by atoms with van der Waals surface area (Å²) in [7, 11) is 0. The van der Waals surface area contributed by atoms with Crippen molar-refractivity contribution in [2.45, 2.75) is 31.8 Å². The van der Waals surface area contributed by atoms with E-state index in [1.165, 1.54) is 28.1 Å². The molecule has 2 saturated heterocycles. The molecule has 0 spiro atoms. The van der Waals surface area contributed by atoms with Crippen LogP contribution in [0.25, 0.3) is 10.8 Å². The number of anilines is 2. The first-order valence-corrected chi connectivity index (χ1v) is 14.4. The Morgan fingerprint density at radius 2 is 1.85 bits per heavy atom. The van der Waals surface area contributed by atoms with Crippen molar-refractivity contribution in [1.82, 2.24) is 19.8 Å². The van der Waals surface area contributed by atoms with Crippen LogP contribution in [-0.4, -0.2) is 95.9 Å². The number of aliphatic hydroxyl groups is 1. The third-order valence-corrected chi connectivity index (χ3v) is 8.49. The molecule has 3 aliphatic heterocycles. The highest BCUT2D eigenvalue weighted by molar-refractivity contribution is 5.94. The van der Waals surface area contributed by atoms with Gasteiger partial charge < -0.3 is 24.5 Å². The molecule has 210 valence electrons. The molecule has 3 aromatic rings. The van der Waals surface area contributed by atoms with Gasteiger partial charge in [-0.25, -0.2) is 0 Å². The number of hydrogen-bond donors (Lipinski definition) is 1. The molecule has 0 unspecified atom stereocenters. The molecule has 40 heavy (non-hydrogen) atoms. The molecule has 1 amide bonds. The number of β-amino-alcohol motifs (C(OH)–C–C–N with tert-alkyl or cyclic N) is 1. The zero-order chi connectivity index (χ0) is 27.5. The van der Waals surface area contributed by atoms with Crippen LogP contribution in [-0.2, 0) is 17.8 Å². The molecular weight excluding hydrogens is 504 g/mol. The largest absolute Gasteiger partial charge is 0.462 e. The molecule has 9 heteroatoms. The highest BCUT2D eigenvalue weighted by atomic mass is 16.5. The van der Waals surface area contributed by atoms with Gasteiger partial charge in [-0.1, -0.05) is 43.0 Å². The number of nitrogens with zero attached hydrogens (tertiary/aromatic N) is 6. The SMILES string of the molecule is C=CC(=O)N1CCN(c2nc(OC[C@H]3CCCN3CCO)nc3c2CCN(c2cccc4ccccc24)C3)CC1. The highest BCUT2D eigenvalue weighted by Crippen LogP contribution is 2.34. The number of ether oxygens (including phenoxy) is 1. The first-order valence-electron chi connectivity index (χ1n) is 14.4. The zero-order valence-electron chi connectivity index (χ0n) is 23.0. The Labute approximate surface area is 235 Å². The number of piperazine rings is 1. The smallest absolute Gasteiger partial charge is 0.318 e. The van der Waals surface area contributed by atoms with Crippen LogP contribution in [0.15, 0.2) is 55.1 Å². The second-order valence-corrected chi connectivity index (χ2v) is 10.8. The van der Waals surface area contributed by atoms with Crippen LogP contribution in [0.2, 0.25) is 0 Å². The Kier molecular flexibility index (Phi) is 7.84. The minimum absolute atomic E-state index is 0.0249. The van der Waals surface area contributed by atoms with E-state index >= 15 is 0 Å². The molecule has 2 aromatic carbocycles. The van der Waals surface area contributed by atoms with Crippen molar-refractivity contribution < 1.29 is 14.6 Å². The molecule has 9 nitrogen and oxygen atoms in total. The summed E-state index contributed by atoms with van der Waals surface area (Å²) in [5.74, 6) is 0.907. The molecule has 1 aromatic heterocycles. The quantitative estimate of drug-likeness (QED) is 0.435. The van der Waals surface area contributed by atoms with Crippen LogP contribution < -0.4 is 14.5 Å². The van der Waals surface area contributed by atoms with Gasteiger partial charge in [0.25, 0.3) is 0 Å². The normalized spacial score (nSPS) is 19.6. The maximum absolute atomic E-state index is 12.2. The van der Waals surface area contributed by atoms with E-state index in [1.54, 1.807) is 0 Å². The third-order valence-electron chi connectivity index (χ3n) is 8.49. The van der Waals surface area contributed by atoms with Crippen LogP contribution in [0.4, 0.5) is 11.5 Å². The van der Waals surface area contributed by atoms with Gasteiger partial charge in [0.1, 0.15) is 12.4 Å². The average Bonchev–Trinajstić information content (AvgIpc) is 3.45. The van der Waals surface area contributed by atoms with Gasteiger partial charge >= 0.3 is 6.01 Å². The van der Waals surface area contributed by atoms with E-state index in [4.69, 9.17) is 14.7 Å². The molecule has 2 fully saturated rings. The number of carbonyl (C=O) groups excluding carboxylic acids is 1. The van der Waals surface area contributed by atoms with E-state index in [0.717, 1.165) is 43.9 Å². The summed E-state index contributed by atoms with van der Waals surface area (Å²) in [5.41, 5.74) is 3.39. The predicted molar refractivity (Wildman–Crippen MR) is 157 cm³/mol. The van der Waals surface area contributed by atoms with Gasteiger partial charge in [-0.05, 0) is 43.3 Å². The van der Waals surface area contributed by atoms with Crippen molar-refractivity contribution in [2.75, 3.05) is 68.8 Å². The Bertz CT molecular complexity index is 1370. The molecule has 6 rings (SSSR count). The Balaban J connectivity index is 1.28. The van der Waals surface area contributed by atoms with E-state index < -0.39 is 0 Å². The number of hydrogen-bond acceptors (Lipinski definition) is 8. The predicted octanol–water partition coefficient (Wildman–Crippen LogP) is 2.86. The number of benzene rings is 2. The summed E-state index contributed by atoms with van der Waals surface area (Å²) in [4.78, 5) is 30.9. The molecule has 4 heterocycles. The van der Waals surface area contributed by atoms with Gasteiger partial charge in [-0.15, -0.1) is 0 Å². The minimum Gasteiger partial charge on any atom is -0.462 e. The maximum Gasteiger partial charge on any atom is 0.318 e. The minimum atomic E-state index is -0.0249. The van der Waals surface area contributed by atoms with E-state index in [1.807, 2.05) is 4.90 Å². The molecule has 0 radical (unpaired) electrons. The summed E-state index contributed by atoms with van der Waals surface area (Å²) in [5, 5.41) is 11.9. The molecule has 1 atom stereocenters. The van der Waals surface area contributed by atoms with Crippen molar-refractivity contribution in [3.8, 4) is 6.01 Å². The lowest BCUT2D eigenvalue weighted by Gasteiger charge is -2.38. The standard InChI is InChI=1S/C31H38N6O3/c1-2-29(39)35-15-17-36(18-16-35)30-26-12-14-37(28-11-5-8-23-7-3-4-10-25(23)28)21-27(26)32-31(33-30)40-22-24-9-6-13-34(24)19-20-38/h2-5,7-8,10-11,24,38H,1,6,9,12-22H2/t24-/m1/s1. The number of likely N-dealkylation sites (tertiary alicyclic amines) is 1. The third kappa shape index (κ3) is 5.36. The van der Waals surface area contributed by atoms with Gasteiger partial charge in [0.15, 0.2) is 0 Å². The molecule has 0 saturated carbocycles. The summed E-state index contributed by atoms with van der Waals surface area (Å²) >= 11 is 0. The number of aliphatic hydroxyl groups excluding tert-OH is 1. The Morgan fingerprint density at radius 1 is 1.02 bits per heavy atom. The first-order chi connectivity index (χ1) is 19.6. The lowest BCUT2D eigenvalue weighted by molar-refractivity contribution is -0.126. The molecule has 3 aliphatic rings. The lowest BCUT2D eigenvalue weighted by atomic mass is 10.0. The molecule has 0 aliphatic carbocycles. The monoisotopic (exact) mass is 542 g/mol. The average molecular weight is 543 g/mol. The molecule has 0 bridgehead atoms. The van der Waals surface area contributed by atoms with Gasteiger partial charge in [-0.2, -0.15) is 9.97 Å². The van der Waals surface area contributed by atoms with E-state index in [0.29, 0.717) is 51.9 Å². The van der Waals surface area contributed by atoms with Crippen LogP contribution in [0.1, 0.15) is 24.1 Å². The number of amides is 1. The van der Waals surface area contributed by atoms with E-state index in [2.05, 4.69) is 63.7 Å². The fraction of sp³-hybridized carbons (Fsp3) is 0.452. The maximum atomic E-state index is 12.2. The van der Waals surface area contributed by atoms with Gasteiger partial charge in [-0.3, -0.25) is 9.69 Å². The van der Waals surface area contributed by atoms with E-state index in [-0.39, 0.29) is 18.6 Å². The summed E-state index contributed by atoms with van der Waals surface area (Å²) < 4.78 is 6.28. The van der Waals surface area contributed by atoms with Crippen LogP contribution in [0.3, 0.4) is 0 Å². The van der Waals surface area contributed by atoms with Crippen molar-refractivity contribution in [2.24, 2.45) is 0 Å². The van der Waals surface area contributed by atoms with Crippen molar-refractivity contribution in [1.29, 1.82) is 0 Å². The van der Waals surface area contributed by atoms with E-state index in [9.17, 15) is 9.90 Å². The number of rotatable bonds is 8. The first kappa shape index (κ1) is 26.5. The second kappa shape index (κ2) is 11.8. The van der Waals surface area contributed by atoms with Crippen molar-refractivity contribution >= 4 is 28.2 Å². The van der Waals surface area contributed by atoms with Crippen LogP contribution >= 0.6 is 0 Å². The molecule has 1 N–H and O–H groups in total. The Hall–Kier alpha value is -3.69. The van der Waals surface area contributed by atoms with Crippen LogP contribution in [0.5, 0.6) is 6.01 Å². The zero-order valence-corrected chi connectivity index (χ0v) is 23.0. The van der Waals surface area contributed by atoms with Crippen LogP contribution in [0, 0.1) is 0 Å². The van der Waals surface area contributed by atoms with Crippen molar-refractivity contribution in [3.05, 3.63) is 66.4 Å². The topological polar surface area (TPSA) is 85.3 Å². The summed E-state index contributed by atoms with van der Waals surface area (Å²) in [6.45, 7) is 10.2. The second-order valence-electron chi connectivity index (χ2n) is 10.8. The number of aromatic nitrogens is 2. The lowest BCUT2D eigenvalue weighted by Crippen LogP contribution is -2.49. The summed E-state index contributed by atoms with van der Waals surface area (Å²) in [6, 6.07) is 15.7. The van der Waals surface area contributed by atoms with Gasteiger partial charge in [0, 0.05) is 61.9 Å². The Morgan fingerprint density at radius 3 is 2.67 bits per heavy atom. The highest BCUT2D eigenvalue weighted by Gasteiger charge is 2.30.